The quantitative estimate of drug-likeness (QED) is 0.777. The number of hydrogen-bond donors (Lipinski definition) is 2. The first-order valence-electron chi connectivity index (χ1n) is 7.07. The van der Waals surface area contributed by atoms with Gasteiger partial charge in [-0.25, -0.2) is 9.89 Å². The van der Waals surface area contributed by atoms with Gasteiger partial charge in [0.1, 0.15) is 0 Å². The largest absolute Gasteiger partial charge is 0.418 e. The molecule has 0 bridgehead atoms. The van der Waals surface area contributed by atoms with Crippen molar-refractivity contribution in [1.29, 1.82) is 0 Å². The molecule has 0 aliphatic rings. The number of halogens is 3. The molecular formula is C14H15F3N4O2S. The molecular weight excluding hydrogens is 345 g/mol. The van der Waals surface area contributed by atoms with Crippen LogP contribution in [0.5, 0.6) is 0 Å². The van der Waals surface area contributed by atoms with E-state index in [4.69, 9.17) is 0 Å². The van der Waals surface area contributed by atoms with Crippen LogP contribution in [0.3, 0.4) is 0 Å². The van der Waals surface area contributed by atoms with Crippen LogP contribution in [-0.4, -0.2) is 26.4 Å². The molecule has 2 aromatic rings. The predicted octanol–water partition coefficient (Wildman–Crippen LogP) is 2.73. The lowest BCUT2D eigenvalue weighted by Crippen LogP contribution is -2.20. The summed E-state index contributed by atoms with van der Waals surface area (Å²) in [6.45, 7) is 2.32. The molecule has 24 heavy (non-hydrogen) atoms. The molecule has 130 valence electrons. The van der Waals surface area contributed by atoms with Crippen molar-refractivity contribution in [1.82, 2.24) is 14.8 Å². The second kappa shape index (κ2) is 7.56. The Bertz CT molecular complexity index is 770. The van der Waals surface area contributed by atoms with Crippen molar-refractivity contribution >= 4 is 23.4 Å². The number of alkyl halides is 3. The highest BCUT2D eigenvalue weighted by atomic mass is 32.2. The molecule has 0 aliphatic carbocycles. The molecule has 1 heterocycles. The maximum absolute atomic E-state index is 12.9. The topological polar surface area (TPSA) is 79.8 Å². The second-order valence-electron chi connectivity index (χ2n) is 4.84. The predicted molar refractivity (Wildman–Crippen MR) is 83.9 cm³/mol. The summed E-state index contributed by atoms with van der Waals surface area (Å²) >= 11 is 0.976. The summed E-state index contributed by atoms with van der Waals surface area (Å²) < 4.78 is 40.0. The van der Waals surface area contributed by atoms with E-state index in [1.165, 1.54) is 22.8 Å². The van der Waals surface area contributed by atoms with Gasteiger partial charge in [-0.2, -0.15) is 13.2 Å². The molecule has 2 N–H and O–H groups in total. The first-order valence-corrected chi connectivity index (χ1v) is 8.05. The van der Waals surface area contributed by atoms with Crippen LogP contribution in [0.1, 0.15) is 18.9 Å². The zero-order valence-electron chi connectivity index (χ0n) is 12.7. The molecule has 2 rings (SSSR count). The minimum Gasteiger partial charge on any atom is -0.325 e. The number of H-pyrrole nitrogens is 1. The summed E-state index contributed by atoms with van der Waals surface area (Å²) in [5.74, 6) is -0.782. The highest BCUT2D eigenvalue weighted by molar-refractivity contribution is 7.99. The molecule has 1 amide bonds. The summed E-state index contributed by atoms with van der Waals surface area (Å²) in [4.78, 5) is 23.4. The van der Waals surface area contributed by atoms with Crippen LogP contribution in [-0.2, 0) is 17.5 Å². The molecule has 0 saturated heterocycles. The maximum atomic E-state index is 12.9. The number of para-hydroxylation sites is 1. The minimum atomic E-state index is -4.55. The number of amides is 1. The number of rotatable bonds is 6. The summed E-state index contributed by atoms with van der Waals surface area (Å²) in [6.07, 6.45) is -3.85. The third-order valence-electron chi connectivity index (χ3n) is 3.01. The van der Waals surface area contributed by atoms with Crippen molar-refractivity contribution in [3.63, 3.8) is 0 Å². The molecule has 1 aromatic heterocycles. The van der Waals surface area contributed by atoms with Gasteiger partial charge in [-0.05, 0) is 18.6 Å². The first-order chi connectivity index (χ1) is 11.3. The monoisotopic (exact) mass is 360 g/mol. The average Bonchev–Trinajstić information content (AvgIpc) is 2.86. The van der Waals surface area contributed by atoms with E-state index < -0.39 is 17.6 Å². The van der Waals surface area contributed by atoms with E-state index in [0.29, 0.717) is 18.1 Å². The van der Waals surface area contributed by atoms with Crippen molar-refractivity contribution in [2.45, 2.75) is 31.2 Å². The zero-order chi connectivity index (χ0) is 17.7. The second-order valence-corrected chi connectivity index (χ2v) is 5.79. The van der Waals surface area contributed by atoms with Crippen molar-refractivity contribution in [2.75, 3.05) is 11.1 Å². The number of aromatic amines is 1. The lowest BCUT2D eigenvalue weighted by molar-refractivity contribution is -0.137. The number of carbonyl (C=O) groups is 1. The van der Waals surface area contributed by atoms with Crippen molar-refractivity contribution in [3.8, 4) is 0 Å². The van der Waals surface area contributed by atoms with Crippen LogP contribution in [0.2, 0.25) is 0 Å². The number of nitrogens with zero attached hydrogens (tertiary/aromatic N) is 2. The number of thioether (sulfide) groups is 1. The molecule has 1 aromatic carbocycles. The van der Waals surface area contributed by atoms with Crippen LogP contribution < -0.4 is 11.0 Å². The van der Waals surface area contributed by atoms with Gasteiger partial charge in [0.2, 0.25) is 5.91 Å². The fourth-order valence-electron chi connectivity index (χ4n) is 1.99. The Morgan fingerprint density at radius 2 is 2.08 bits per heavy atom. The highest BCUT2D eigenvalue weighted by Crippen LogP contribution is 2.34. The lowest BCUT2D eigenvalue weighted by atomic mass is 10.1. The van der Waals surface area contributed by atoms with E-state index in [0.717, 1.165) is 17.8 Å². The Morgan fingerprint density at radius 1 is 1.38 bits per heavy atom. The van der Waals surface area contributed by atoms with Gasteiger partial charge in [0.25, 0.3) is 0 Å². The van der Waals surface area contributed by atoms with Crippen molar-refractivity contribution < 1.29 is 18.0 Å². The molecule has 0 unspecified atom stereocenters. The number of anilines is 1. The molecule has 0 spiro atoms. The van der Waals surface area contributed by atoms with Crippen LogP contribution in [0, 0.1) is 0 Å². The van der Waals surface area contributed by atoms with Gasteiger partial charge >= 0.3 is 11.9 Å². The third kappa shape index (κ3) is 4.40. The molecule has 0 atom stereocenters. The van der Waals surface area contributed by atoms with Crippen molar-refractivity contribution in [2.24, 2.45) is 0 Å². The van der Waals surface area contributed by atoms with Gasteiger partial charge in [-0.3, -0.25) is 9.36 Å². The number of benzene rings is 1. The molecule has 0 saturated carbocycles. The minimum absolute atomic E-state index is 0.166. The number of aromatic nitrogens is 3. The molecule has 0 radical (unpaired) electrons. The molecule has 0 aliphatic heterocycles. The summed E-state index contributed by atoms with van der Waals surface area (Å²) in [6, 6.07) is 4.74. The van der Waals surface area contributed by atoms with E-state index >= 15 is 0 Å². The summed E-state index contributed by atoms with van der Waals surface area (Å²) in [5, 5.41) is 8.64. The summed E-state index contributed by atoms with van der Waals surface area (Å²) in [7, 11) is 0. The number of carbonyl (C=O) groups excluding carboxylic acids is 1. The Morgan fingerprint density at radius 3 is 2.75 bits per heavy atom. The standard InChI is InChI=1S/C14H15F3N4O2S/c1-2-7-21-12(23)19-20-13(21)24-8-11(22)18-10-6-4-3-5-9(10)14(15,16)17/h3-6H,2,7-8H2,1H3,(H,18,22)(H,19,23). The highest BCUT2D eigenvalue weighted by Gasteiger charge is 2.33. The van der Waals surface area contributed by atoms with Gasteiger partial charge in [-0.1, -0.05) is 30.8 Å². The Hall–Kier alpha value is -2.23. The van der Waals surface area contributed by atoms with Crippen LogP contribution in [0.25, 0.3) is 0 Å². The fourth-order valence-corrected chi connectivity index (χ4v) is 2.76. The van der Waals surface area contributed by atoms with Crippen LogP contribution >= 0.6 is 11.8 Å². The molecule has 10 heteroatoms. The maximum Gasteiger partial charge on any atom is 0.418 e. The van der Waals surface area contributed by atoms with Gasteiger partial charge in [0.05, 0.1) is 17.0 Å². The van der Waals surface area contributed by atoms with Crippen LogP contribution in [0.15, 0.2) is 34.2 Å². The smallest absolute Gasteiger partial charge is 0.325 e. The normalized spacial score (nSPS) is 11.5. The Labute approximate surface area is 139 Å². The number of nitrogens with one attached hydrogen (secondary N) is 2. The molecule has 0 fully saturated rings. The van der Waals surface area contributed by atoms with Gasteiger partial charge in [0, 0.05) is 6.54 Å². The summed E-state index contributed by atoms with van der Waals surface area (Å²) in [5.41, 5.74) is -1.60. The Kier molecular flexibility index (Phi) is 5.71. The molecule has 6 nitrogen and oxygen atoms in total. The lowest BCUT2D eigenvalue weighted by Gasteiger charge is -2.13. The van der Waals surface area contributed by atoms with E-state index in [1.807, 2.05) is 6.92 Å². The van der Waals surface area contributed by atoms with Gasteiger partial charge in [0.15, 0.2) is 5.16 Å². The number of hydrogen-bond acceptors (Lipinski definition) is 4. The zero-order valence-corrected chi connectivity index (χ0v) is 13.5. The van der Waals surface area contributed by atoms with Gasteiger partial charge in [-0.15, -0.1) is 5.10 Å². The van der Waals surface area contributed by atoms with Crippen molar-refractivity contribution in [3.05, 3.63) is 40.3 Å². The SMILES string of the molecule is CCCn1c(SCC(=O)Nc2ccccc2C(F)(F)F)n[nH]c1=O. The van der Waals surface area contributed by atoms with Crippen LogP contribution in [0.4, 0.5) is 18.9 Å². The van der Waals surface area contributed by atoms with E-state index in [2.05, 4.69) is 15.5 Å². The van der Waals surface area contributed by atoms with E-state index in [-0.39, 0.29) is 17.1 Å². The Balaban J connectivity index is 2.04. The van der Waals surface area contributed by atoms with Gasteiger partial charge < -0.3 is 5.32 Å². The van der Waals surface area contributed by atoms with E-state index in [9.17, 15) is 22.8 Å². The third-order valence-corrected chi connectivity index (χ3v) is 3.99. The van der Waals surface area contributed by atoms with E-state index in [1.54, 1.807) is 0 Å². The first kappa shape index (κ1) is 18.1. The average molecular weight is 360 g/mol. The fraction of sp³-hybridized carbons (Fsp3) is 0.357.